The number of anilines is 1. The van der Waals surface area contributed by atoms with E-state index in [-0.39, 0.29) is 39.9 Å². The van der Waals surface area contributed by atoms with Gasteiger partial charge >= 0.3 is 5.97 Å². The maximum absolute atomic E-state index is 14.9. The summed E-state index contributed by atoms with van der Waals surface area (Å²) in [5.41, 5.74) is 5.65. The lowest BCUT2D eigenvalue weighted by atomic mass is 10.1. The highest BCUT2D eigenvalue weighted by molar-refractivity contribution is 5.95. The first-order valence-corrected chi connectivity index (χ1v) is 8.98. The Morgan fingerprint density at radius 2 is 2.21 bits per heavy atom. The van der Waals surface area contributed by atoms with Crippen molar-refractivity contribution in [3.8, 4) is 0 Å². The highest BCUT2D eigenvalue weighted by Gasteiger charge is 2.33. The Hall–Kier alpha value is -3.05. The van der Waals surface area contributed by atoms with E-state index in [0.29, 0.717) is 25.3 Å². The number of halogens is 1. The van der Waals surface area contributed by atoms with Gasteiger partial charge in [-0.3, -0.25) is 4.79 Å². The molecule has 0 bridgehead atoms. The van der Waals surface area contributed by atoms with Crippen LogP contribution in [0.5, 0.6) is 0 Å². The Labute approximate surface area is 164 Å². The highest BCUT2D eigenvalue weighted by atomic mass is 19.1. The molecule has 0 aromatic carbocycles. The molecule has 2 aliphatic rings. The molecule has 0 amide bonds. The van der Waals surface area contributed by atoms with Crippen LogP contribution in [0.2, 0.25) is 0 Å². The molecule has 11 heteroatoms. The van der Waals surface area contributed by atoms with Crippen molar-refractivity contribution < 1.29 is 24.6 Å². The fourth-order valence-corrected chi connectivity index (χ4v) is 3.60. The van der Waals surface area contributed by atoms with Crippen molar-refractivity contribution in [2.45, 2.75) is 18.9 Å². The van der Waals surface area contributed by atoms with E-state index in [4.69, 9.17) is 10.6 Å². The number of carboxylic acids is 1. The van der Waals surface area contributed by atoms with Gasteiger partial charge in [-0.15, -0.1) is 0 Å². The second kappa shape index (κ2) is 7.76. The number of carboxylic acid groups (broad SMARTS) is 1. The smallest absolute Gasteiger partial charge is 0.341 e. The van der Waals surface area contributed by atoms with Crippen LogP contribution < -0.4 is 16.1 Å². The molecule has 2 aromatic heterocycles. The number of hydrogen-bond acceptors (Lipinski definition) is 7. The van der Waals surface area contributed by atoms with E-state index in [1.807, 2.05) is 0 Å². The van der Waals surface area contributed by atoms with Crippen molar-refractivity contribution in [2.75, 3.05) is 31.6 Å². The molecule has 1 saturated carbocycles. The third kappa shape index (κ3) is 3.54. The Morgan fingerprint density at radius 3 is 2.79 bits per heavy atom. The molecule has 2 aromatic rings. The standard InChI is InChI=1S/C18H20FN5O4.H2O/c1-28-22-14-8-23(6-9(14)5-20)17-13(19)4-11-15(25)12(18(26)27)7-24(10-2-3-10)16(11)21-17;/h4,7,9-10H,2-3,5-6,8,20H2,1H3,(H,26,27);1H2/t9-;/m0./s1. The van der Waals surface area contributed by atoms with Gasteiger partial charge in [-0.2, -0.15) is 0 Å². The molecule has 1 saturated heterocycles. The number of aromatic carboxylic acids is 1. The number of aromatic nitrogens is 2. The minimum absolute atomic E-state index is 0. The molecule has 5 N–H and O–H groups in total. The number of nitrogens with zero attached hydrogens (tertiary/aromatic N) is 4. The number of pyridine rings is 2. The van der Waals surface area contributed by atoms with E-state index in [1.165, 1.54) is 13.3 Å². The molecule has 1 aliphatic heterocycles. The molecular weight excluding hydrogens is 385 g/mol. The minimum Gasteiger partial charge on any atom is -0.477 e. The second-order valence-electron chi connectivity index (χ2n) is 7.06. The molecule has 1 aliphatic carbocycles. The third-order valence-corrected chi connectivity index (χ3v) is 5.17. The zero-order chi connectivity index (χ0) is 20.0. The van der Waals surface area contributed by atoms with Gasteiger partial charge in [-0.1, -0.05) is 5.16 Å². The maximum atomic E-state index is 14.9. The number of fused-ring (bicyclic) bond motifs is 1. The summed E-state index contributed by atoms with van der Waals surface area (Å²) in [5.74, 6) is -2.03. The zero-order valence-corrected chi connectivity index (χ0v) is 15.8. The lowest BCUT2D eigenvalue weighted by molar-refractivity contribution is 0.0695. The Bertz CT molecular complexity index is 1050. The van der Waals surface area contributed by atoms with Gasteiger partial charge in [0.05, 0.1) is 17.6 Å². The Balaban J connectivity index is 0.00000240. The summed E-state index contributed by atoms with van der Waals surface area (Å²) < 4.78 is 16.5. The van der Waals surface area contributed by atoms with Crippen LogP contribution in [0.3, 0.4) is 0 Å². The zero-order valence-electron chi connectivity index (χ0n) is 15.8. The number of nitrogens with two attached hydrogens (primary N) is 1. The van der Waals surface area contributed by atoms with Gasteiger partial charge in [0.15, 0.2) is 11.6 Å². The molecule has 29 heavy (non-hydrogen) atoms. The van der Waals surface area contributed by atoms with Gasteiger partial charge in [0.2, 0.25) is 5.43 Å². The molecule has 0 unspecified atom stereocenters. The van der Waals surface area contributed by atoms with Crippen LogP contribution in [-0.4, -0.2) is 58.6 Å². The first-order chi connectivity index (χ1) is 13.4. The van der Waals surface area contributed by atoms with Gasteiger partial charge in [-0.05, 0) is 18.9 Å². The van der Waals surface area contributed by atoms with Crippen molar-refractivity contribution in [1.82, 2.24) is 9.55 Å². The van der Waals surface area contributed by atoms with Crippen LogP contribution >= 0.6 is 0 Å². The van der Waals surface area contributed by atoms with Crippen molar-refractivity contribution in [3.05, 3.63) is 33.9 Å². The van der Waals surface area contributed by atoms with E-state index in [9.17, 15) is 19.1 Å². The predicted octanol–water partition coefficient (Wildman–Crippen LogP) is 0.141. The molecule has 4 rings (SSSR count). The van der Waals surface area contributed by atoms with E-state index in [2.05, 4.69) is 10.1 Å². The van der Waals surface area contributed by atoms with Gasteiger partial charge < -0.3 is 30.6 Å². The SMILES string of the molecule is CON=C1CN(c2nc3c(cc2F)c(=O)c(C(=O)O)cn3C2CC2)C[C@@H]1CN.O. The van der Waals surface area contributed by atoms with Gasteiger partial charge in [0.25, 0.3) is 0 Å². The lowest BCUT2D eigenvalue weighted by Gasteiger charge is -2.19. The summed E-state index contributed by atoms with van der Waals surface area (Å²) >= 11 is 0. The van der Waals surface area contributed by atoms with Crippen LogP contribution in [0.4, 0.5) is 10.2 Å². The van der Waals surface area contributed by atoms with Crippen LogP contribution in [0.15, 0.2) is 22.2 Å². The number of rotatable bonds is 5. The average molecular weight is 407 g/mol. The minimum atomic E-state index is -1.34. The average Bonchev–Trinajstić information content (AvgIpc) is 3.42. The summed E-state index contributed by atoms with van der Waals surface area (Å²) in [4.78, 5) is 34.9. The molecule has 2 fully saturated rings. The lowest BCUT2D eigenvalue weighted by Crippen LogP contribution is -2.26. The molecule has 156 valence electrons. The highest BCUT2D eigenvalue weighted by Crippen LogP contribution is 2.37. The number of oxime groups is 1. The summed E-state index contributed by atoms with van der Waals surface area (Å²) in [6, 6.07) is 1.14. The normalized spacial score (nSPS) is 20.2. The predicted molar refractivity (Wildman–Crippen MR) is 104 cm³/mol. The Morgan fingerprint density at radius 1 is 1.48 bits per heavy atom. The van der Waals surface area contributed by atoms with Crippen molar-refractivity contribution in [1.29, 1.82) is 0 Å². The number of hydrogen-bond donors (Lipinski definition) is 2. The molecule has 10 nitrogen and oxygen atoms in total. The largest absolute Gasteiger partial charge is 0.477 e. The summed E-state index contributed by atoms with van der Waals surface area (Å²) in [6.07, 6.45) is 3.02. The van der Waals surface area contributed by atoms with Crippen LogP contribution in [0.1, 0.15) is 29.2 Å². The molecule has 3 heterocycles. The van der Waals surface area contributed by atoms with E-state index in [0.717, 1.165) is 18.9 Å². The van der Waals surface area contributed by atoms with E-state index in [1.54, 1.807) is 9.47 Å². The molecule has 1 atom stereocenters. The fraction of sp³-hybridized carbons (Fsp3) is 0.444. The number of carbonyl (C=O) groups is 1. The maximum Gasteiger partial charge on any atom is 0.341 e. The first kappa shape index (κ1) is 20.7. The van der Waals surface area contributed by atoms with Crippen molar-refractivity contribution >= 4 is 28.5 Å². The van der Waals surface area contributed by atoms with Crippen molar-refractivity contribution in [3.63, 3.8) is 0 Å². The summed E-state index contributed by atoms with van der Waals surface area (Å²) in [5, 5.41) is 13.2. The van der Waals surface area contributed by atoms with Gasteiger partial charge in [0, 0.05) is 31.2 Å². The molecular formula is C18H22FN5O5. The quantitative estimate of drug-likeness (QED) is 0.668. The van der Waals surface area contributed by atoms with E-state index >= 15 is 0 Å². The van der Waals surface area contributed by atoms with Gasteiger partial charge in [-0.25, -0.2) is 14.2 Å². The van der Waals surface area contributed by atoms with Crippen LogP contribution in [0, 0.1) is 11.7 Å². The monoisotopic (exact) mass is 407 g/mol. The summed E-state index contributed by atoms with van der Waals surface area (Å²) in [6.45, 7) is 1.07. The van der Waals surface area contributed by atoms with Crippen LogP contribution in [-0.2, 0) is 4.84 Å². The van der Waals surface area contributed by atoms with Crippen LogP contribution in [0.25, 0.3) is 11.0 Å². The topological polar surface area (TPSA) is 155 Å². The van der Waals surface area contributed by atoms with Gasteiger partial charge in [0.1, 0.15) is 18.3 Å². The van der Waals surface area contributed by atoms with E-state index < -0.39 is 17.2 Å². The van der Waals surface area contributed by atoms with Crippen molar-refractivity contribution in [2.24, 2.45) is 16.8 Å². The Kier molecular flexibility index (Phi) is 5.53. The first-order valence-electron chi connectivity index (χ1n) is 8.98. The molecule has 0 radical (unpaired) electrons. The fourth-order valence-electron chi connectivity index (χ4n) is 3.60. The third-order valence-electron chi connectivity index (χ3n) is 5.17. The molecule has 0 spiro atoms. The summed E-state index contributed by atoms with van der Waals surface area (Å²) in [7, 11) is 1.44. The second-order valence-corrected chi connectivity index (χ2v) is 7.06.